The zero-order chi connectivity index (χ0) is 57.4. The second-order valence-corrected chi connectivity index (χ2v) is 25.1. The van der Waals surface area contributed by atoms with Crippen molar-refractivity contribution < 1.29 is 0 Å². The molecule has 0 aliphatic heterocycles. The zero-order valence-electron chi connectivity index (χ0n) is 49.2. The number of hydrogen-bond donors (Lipinski definition) is 0. The molecular formula is C85H68N2. The molecule has 418 valence electrons. The van der Waals surface area contributed by atoms with Crippen molar-refractivity contribution in [1.82, 2.24) is 4.57 Å². The third-order valence-corrected chi connectivity index (χ3v) is 20.4. The number of benzene rings is 12. The van der Waals surface area contributed by atoms with Crippen LogP contribution < -0.4 is 4.90 Å². The Bertz CT molecular complexity index is 4600. The second kappa shape index (κ2) is 21.3. The van der Waals surface area contributed by atoms with Gasteiger partial charge in [-0.05, 0) is 205 Å². The quantitative estimate of drug-likeness (QED) is 0.132. The lowest BCUT2D eigenvalue weighted by atomic mass is 9.70. The summed E-state index contributed by atoms with van der Waals surface area (Å²) in [6.07, 6.45) is 13.4. The molecule has 0 N–H and O–H groups in total. The highest BCUT2D eigenvalue weighted by molar-refractivity contribution is 6.10. The predicted molar refractivity (Wildman–Crippen MR) is 365 cm³/mol. The molecule has 2 heteroatoms. The van der Waals surface area contributed by atoms with Gasteiger partial charge in [0, 0.05) is 33.4 Å². The van der Waals surface area contributed by atoms with Crippen LogP contribution in [0.25, 0.3) is 94.3 Å². The molecule has 4 aliphatic carbocycles. The van der Waals surface area contributed by atoms with Gasteiger partial charge in [0.15, 0.2) is 0 Å². The Kier molecular flexibility index (Phi) is 12.7. The highest BCUT2D eigenvalue weighted by Crippen LogP contribution is 2.63. The fourth-order valence-electron chi connectivity index (χ4n) is 16.2. The monoisotopic (exact) mass is 1120 g/mol. The van der Waals surface area contributed by atoms with E-state index in [1.165, 1.54) is 192 Å². The van der Waals surface area contributed by atoms with E-state index < -0.39 is 5.41 Å². The Balaban J connectivity index is 0.729. The SMILES string of the molecule is c1ccc(-c2cccc(-c3ccccc3N(c3ccc(-c4ccc(-c5ccc(-n6c7ccc(C8CCCCC8)cc7c7cc(C8CCCCC8)ccc76)cc5)cc4)cc3)c3ccc4c(c3)C3(c5ccccc5-c5ccccc53)c3ccccc3-4)c2)cc1. The number of aromatic nitrogens is 1. The fraction of sp³-hybridized carbons (Fsp3) is 0.153. The molecule has 1 spiro atoms. The zero-order valence-corrected chi connectivity index (χ0v) is 49.2. The molecule has 4 aliphatic rings. The molecule has 17 rings (SSSR count). The average molecular weight is 1120 g/mol. The first-order valence-corrected chi connectivity index (χ1v) is 32.0. The van der Waals surface area contributed by atoms with Gasteiger partial charge in [-0.2, -0.15) is 0 Å². The molecule has 0 amide bonds. The van der Waals surface area contributed by atoms with Crippen molar-refractivity contribution in [3.8, 4) is 72.4 Å². The molecule has 12 aromatic carbocycles. The number of hydrogen-bond acceptors (Lipinski definition) is 1. The molecule has 0 unspecified atom stereocenters. The molecule has 1 aromatic heterocycles. The standard InChI is InChI=1S/C85H68N2/c1-4-19-57(20-5-1)64-25-18-26-67(53-64)71-27-13-17-34-82(71)86(70-49-50-75-74-30-12-16-33-80(74)85(81(75)56-70)78-31-14-10-28-72(78)73-29-11-15-32-79(73)85)68-45-39-62(40-46-68)60-35-37-61(38-36-60)63-41-47-69(48-42-63)87-83-51-43-65(58-21-6-2-7-22-58)54-76(83)77-55-66(44-52-84(77)87)59-23-8-3-9-24-59/h1,4-5,10-20,25-56,58-59H,2-3,6-9,21-24H2. The molecule has 0 bridgehead atoms. The summed E-state index contributed by atoms with van der Waals surface area (Å²) in [5, 5.41) is 2.82. The van der Waals surface area contributed by atoms with Crippen LogP contribution >= 0.6 is 0 Å². The predicted octanol–water partition coefficient (Wildman–Crippen LogP) is 23.4. The van der Waals surface area contributed by atoms with Gasteiger partial charge in [-0.3, -0.25) is 0 Å². The van der Waals surface area contributed by atoms with Crippen LogP contribution in [0.15, 0.2) is 279 Å². The van der Waals surface area contributed by atoms with E-state index >= 15 is 0 Å². The maximum absolute atomic E-state index is 2.57. The summed E-state index contributed by atoms with van der Waals surface area (Å²) in [7, 11) is 0. The number of anilines is 3. The topological polar surface area (TPSA) is 8.17 Å². The van der Waals surface area contributed by atoms with Crippen molar-refractivity contribution in [2.24, 2.45) is 0 Å². The smallest absolute Gasteiger partial charge is 0.0726 e. The largest absolute Gasteiger partial charge is 0.310 e. The third kappa shape index (κ3) is 8.58. The van der Waals surface area contributed by atoms with Crippen LogP contribution in [0.2, 0.25) is 0 Å². The Labute approximate surface area is 511 Å². The van der Waals surface area contributed by atoms with Gasteiger partial charge in [-0.15, -0.1) is 0 Å². The summed E-state index contributed by atoms with van der Waals surface area (Å²) in [4.78, 5) is 2.49. The van der Waals surface area contributed by atoms with Crippen LogP contribution in [-0.2, 0) is 5.41 Å². The number of nitrogens with zero attached hydrogens (tertiary/aromatic N) is 2. The molecule has 87 heavy (non-hydrogen) atoms. The van der Waals surface area contributed by atoms with Crippen LogP contribution in [0.3, 0.4) is 0 Å². The molecule has 0 atom stereocenters. The average Bonchev–Trinajstić information content (AvgIpc) is 1.53. The normalized spacial score (nSPS) is 15.1. The lowest BCUT2D eigenvalue weighted by molar-refractivity contribution is 0.444. The third-order valence-electron chi connectivity index (χ3n) is 20.4. The van der Waals surface area contributed by atoms with Gasteiger partial charge in [0.2, 0.25) is 0 Å². The summed E-state index contributed by atoms with van der Waals surface area (Å²) in [6, 6.07) is 106. The van der Waals surface area contributed by atoms with Crippen molar-refractivity contribution in [2.75, 3.05) is 4.90 Å². The van der Waals surface area contributed by atoms with E-state index in [1.54, 1.807) is 0 Å². The van der Waals surface area contributed by atoms with Gasteiger partial charge in [-0.1, -0.05) is 245 Å². The summed E-state index contributed by atoms with van der Waals surface area (Å²) in [5.41, 5.74) is 29.8. The van der Waals surface area contributed by atoms with Gasteiger partial charge in [0.25, 0.3) is 0 Å². The summed E-state index contributed by atoms with van der Waals surface area (Å²) >= 11 is 0. The van der Waals surface area contributed by atoms with Crippen molar-refractivity contribution in [3.05, 3.63) is 312 Å². The van der Waals surface area contributed by atoms with E-state index in [-0.39, 0.29) is 0 Å². The Hall–Kier alpha value is -9.76. The van der Waals surface area contributed by atoms with Crippen molar-refractivity contribution in [3.63, 3.8) is 0 Å². The van der Waals surface area contributed by atoms with Crippen LogP contribution in [0.4, 0.5) is 17.1 Å². The number of fused-ring (bicyclic) bond motifs is 13. The van der Waals surface area contributed by atoms with Crippen molar-refractivity contribution in [1.29, 1.82) is 0 Å². The lowest BCUT2D eigenvalue weighted by Gasteiger charge is -2.32. The second-order valence-electron chi connectivity index (χ2n) is 25.1. The van der Waals surface area contributed by atoms with Crippen LogP contribution in [0.5, 0.6) is 0 Å². The fourth-order valence-corrected chi connectivity index (χ4v) is 16.2. The van der Waals surface area contributed by atoms with Gasteiger partial charge in [0.05, 0.1) is 22.1 Å². The minimum Gasteiger partial charge on any atom is -0.310 e. The van der Waals surface area contributed by atoms with Gasteiger partial charge >= 0.3 is 0 Å². The highest BCUT2D eigenvalue weighted by Gasteiger charge is 2.51. The lowest BCUT2D eigenvalue weighted by Crippen LogP contribution is -2.26. The van der Waals surface area contributed by atoms with Crippen molar-refractivity contribution >= 4 is 38.9 Å². The number of rotatable bonds is 10. The Morgan fingerprint density at radius 1 is 0.287 bits per heavy atom. The molecule has 2 nitrogen and oxygen atoms in total. The van der Waals surface area contributed by atoms with Gasteiger partial charge < -0.3 is 9.47 Å². The van der Waals surface area contributed by atoms with E-state index in [4.69, 9.17) is 0 Å². The van der Waals surface area contributed by atoms with Crippen LogP contribution in [0.1, 0.15) is 109 Å². The van der Waals surface area contributed by atoms with E-state index in [0.717, 1.165) is 17.1 Å². The van der Waals surface area contributed by atoms with E-state index in [1.807, 2.05) is 0 Å². The highest BCUT2D eigenvalue weighted by atomic mass is 15.1. The van der Waals surface area contributed by atoms with E-state index in [2.05, 4.69) is 289 Å². The van der Waals surface area contributed by atoms with Gasteiger partial charge in [0.1, 0.15) is 0 Å². The molecule has 2 saturated carbocycles. The van der Waals surface area contributed by atoms with E-state index in [0.29, 0.717) is 11.8 Å². The van der Waals surface area contributed by atoms with Crippen LogP contribution in [0, 0.1) is 0 Å². The van der Waals surface area contributed by atoms with Gasteiger partial charge in [-0.25, -0.2) is 0 Å². The minimum absolute atomic E-state index is 0.467. The molecular weight excluding hydrogens is 1050 g/mol. The molecule has 13 aromatic rings. The maximum Gasteiger partial charge on any atom is 0.0726 e. The first-order chi connectivity index (χ1) is 43.1. The van der Waals surface area contributed by atoms with E-state index in [9.17, 15) is 0 Å². The molecule has 1 heterocycles. The number of para-hydroxylation sites is 1. The molecule has 0 radical (unpaired) electrons. The first-order valence-electron chi connectivity index (χ1n) is 32.0. The summed E-state index contributed by atoms with van der Waals surface area (Å²) < 4.78 is 2.52. The maximum atomic E-state index is 2.57. The summed E-state index contributed by atoms with van der Waals surface area (Å²) in [6.45, 7) is 0. The Morgan fingerprint density at radius 2 is 0.713 bits per heavy atom. The Morgan fingerprint density at radius 3 is 1.26 bits per heavy atom. The molecule has 2 fully saturated rings. The van der Waals surface area contributed by atoms with Crippen LogP contribution in [-0.4, -0.2) is 4.57 Å². The minimum atomic E-state index is -0.467. The van der Waals surface area contributed by atoms with Crippen molar-refractivity contribution in [2.45, 2.75) is 81.5 Å². The molecule has 0 saturated heterocycles. The summed E-state index contributed by atoms with van der Waals surface area (Å²) in [5.74, 6) is 1.35. The first kappa shape index (κ1) is 51.6.